The van der Waals surface area contributed by atoms with Crippen LogP contribution in [0.5, 0.6) is 0 Å². The van der Waals surface area contributed by atoms with Gasteiger partial charge in [-0.2, -0.15) is 0 Å². The predicted molar refractivity (Wildman–Crippen MR) is 88.1 cm³/mol. The van der Waals surface area contributed by atoms with Crippen LogP contribution in [0.25, 0.3) is 0 Å². The standard InChI is InChI=1S/C18H27N3O/c1-14-6-10-21(11-7-14)13-16-4-2-15(3-5-16)12-20-17(22)18(19)8-9-18/h2-5,14H,6-13,19H2,1H3,(H,20,22). The van der Waals surface area contributed by atoms with Crippen LogP contribution in [0.2, 0.25) is 0 Å². The summed E-state index contributed by atoms with van der Waals surface area (Å²) in [5, 5.41) is 2.93. The van der Waals surface area contributed by atoms with Crippen molar-refractivity contribution in [3.05, 3.63) is 35.4 Å². The van der Waals surface area contributed by atoms with Gasteiger partial charge in [0.15, 0.2) is 0 Å². The van der Waals surface area contributed by atoms with Crippen LogP contribution >= 0.6 is 0 Å². The van der Waals surface area contributed by atoms with Crippen LogP contribution in [0.1, 0.15) is 43.7 Å². The number of hydrogen-bond acceptors (Lipinski definition) is 3. The Hall–Kier alpha value is -1.39. The van der Waals surface area contributed by atoms with E-state index in [1.54, 1.807) is 0 Å². The Morgan fingerprint density at radius 1 is 1.23 bits per heavy atom. The fraction of sp³-hybridized carbons (Fsp3) is 0.611. The molecule has 0 spiro atoms. The summed E-state index contributed by atoms with van der Waals surface area (Å²) in [7, 11) is 0. The Kier molecular flexibility index (Phi) is 4.50. The Morgan fingerprint density at radius 2 is 1.82 bits per heavy atom. The molecule has 3 rings (SSSR count). The largest absolute Gasteiger partial charge is 0.350 e. The van der Waals surface area contributed by atoms with Crippen molar-refractivity contribution in [1.82, 2.24) is 10.2 Å². The average Bonchev–Trinajstić information content (AvgIpc) is 3.28. The number of rotatable bonds is 5. The number of amides is 1. The van der Waals surface area contributed by atoms with Crippen LogP contribution in [-0.4, -0.2) is 29.4 Å². The number of likely N-dealkylation sites (tertiary alicyclic amines) is 1. The zero-order valence-electron chi connectivity index (χ0n) is 13.5. The van der Waals surface area contributed by atoms with Crippen molar-refractivity contribution in [2.24, 2.45) is 11.7 Å². The van der Waals surface area contributed by atoms with Crippen molar-refractivity contribution in [3.8, 4) is 0 Å². The first-order valence-electron chi connectivity index (χ1n) is 8.42. The van der Waals surface area contributed by atoms with Crippen molar-refractivity contribution in [2.75, 3.05) is 13.1 Å². The van der Waals surface area contributed by atoms with E-state index >= 15 is 0 Å². The smallest absolute Gasteiger partial charge is 0.240 e. The van der Waals surface area contributed by atoms with E-state index in [1.165, 1.54) is 31.5 Å². The molecule has 120 valence electrons. The Labute approximate surface area is 133 Å². The lowest BCUT2D eigenvalue weighted by atomic mass is 9.99. The van der Waals surface area contributed by atoms with Gasteiger partial charge in [0.25, 0.3) is 0 Å². The van der Waals surface area contributed by atoms with Gasteiger partial charge in [-0.15, -0.1) is 0 Å². The van der Waals surface area contributed by atoms with Gasteiger partial charge in [0.05, 0.1) is 5.54 Å². The van der Waals surface area contributed by atoms with E-state index in [0.29, 0.717) is 6.54 Å². The molecule has 4 heteroatoms. The highest BCUT2D eigenvalue weighted by Gasteiger charge is 2.45. The van der Waals surface area contributed by atoms with E-state index < -0.39 is 5.54 Å². The number of carbonyl (C=O) groups is 1. The fourth-order valence-electron chi connectivity index (χ4n) is 2.96. The van der Waals surface area contributed by atoms with E-state index in [2.05, 4.69) is 41.4 Å². The van der Waals surface area contributed by atoms with Gasteiger partial charge in [0.1, 0.15) is 0 Å². The second-order valence-electron chi connectivity index (χ2n) is 7.11. The first-order valence-corrected chi connectivity index (χ1v) is 8.42. The molecule has 1 aromatic carbocycles. The number of nitrogens with one attached hydrogen (secondary N) is 1. The topological polar surface area (TPSA) is 58.4 Å². The second-order valence-corrected chi connectivity index (χ2v) is 7.11. The third kappa shape index (κ3) is 3.87. The van der Waals surface area contributed by atoms with Gasteiger partial charge in [-0.1, -0.05) is 31.2 Å². The van der Waals surface area contributed by atoms with Crippen molar-refractivity contribution >= 4 is 5.91 Å². The number of benzene rings is 1. The molecule has 0 bridgehead atoms. The monoisotopic (exact) mass is 301 g/mol. The number of nitrogens with two attached hydrogens (primary N) is 1. The molecule has 0 aromatic heterocycles. The molecular weight excluding hydrogens is 274 g/mol. The summed E-state index contributed by atoms with van der Waals surface area (Å²) in [4.78, 5) is 14.3. The van der Waals surface area contributed by atoms with Crippen molar-refractivity contribution < 1.29 is 4.79 Å². The molecule has 1 saturated heterocycles. The van der Waals surface area contributed by atoms with Crippen molar-refractivity contribution in [2.45, 2.75) is 51.2 Å². The number of piperidine rings is 1. The molecule has 1 saturated carbocycles. The second kappa shape index (κ2) is 6.39. The highest BCUT2D eigenvalue weighted by atomic mass is 16.2. The Morgan fingerprint density at radius 3 is 2.41 bits per heavy atom. The van der Waals surface area contributed by atoms with Crippen LogP contribution < -0.4 is 11.1 Å². The van der Waals surface area contributed by atoms with Crippen LogP contribution in [0.3, 0.4) is 0 Å². The van der Waals surface area contributed by atoms with Crippen molar-refractivity contribution in [3.63, 3.8) is 0 Å². The van der Waals surface area contributed by atoms with Crippen molar-refractivity contribution in [1.29, 1.82) is 0 Å². The molecule has 1 amide bonds. The summed E-state index contributed by atoms with van der Waals surface area (Å²) in [6.07, 6.45) is 4.24. The van der Waals surface area contributed by atoms with Gasteiger partial charge in [0.2, 0.25) is 5.91 Å². The summed E-state index contributed by atoms with van der Waals surface area (Å²) in [6, 6.07) is 8.57. The quantitative estimate of drug-likeness (QED) is 0.875. The van der Waals surface area contributed by atoms with Gasteiger partial charge in [-0.05, 0) is 55.8 Å². The zero-order chi connectivity index (χ0) is 15.6. The van der Waals surface area contributed by atoms with Gasteiger partial charge in [-0.3, -0.25) is 9.69 Å². The lowest BCUT2D eigenvalue weighted by Crippen LogP contribution is -2.42. The average molecular weight is 301 g/mol. The van der Waals surface area contributed by atoms with Crippen LogP contribution in [0.15, 0.2) is 24.3 Å². The fourth-order valence-corrected chi connectivity index (χ4v) is 2.96. The molecule has 2 fully saturated rings. The molecule has 2 aliphatic rings. The maximum absolute atomic E-state index is 11.8. The molecule has 4 nitrogen and oxygen atoms in total. The summed E-state index contributed by atoms with van der Waals surface area (Å²) in [6.45, 7) is 6.35. The van der Waals surface area contributed by atoms with Crippen LogP contribution in [0.4, 0.5) is 0 Å². The molecule has 1 aliphatic heterocycles. The molecule has 0 radical (unpaired) electrons. The zero-order valence-corrected chi connectivity index (χ0v) is 13.5. The van der Waals surface area contributed by atoms with E-state index in [4.69, 9.17) is 5.73 Å². The lowest BCUT2D eigenvalue weighted by molar-refractivity contribution is -0.123. The maximum atomic E-state index is 11.8. The first kappa shape index (κ1) is 15.5. The van der Waals surface area contributed by atoms with E-state index in [9.17, 15) is 4.79 Å². The first-order chi connectivity index (χ1) is 10.5. The third-order valence-corrected chi connectivity index (χ3v) is 5.00. The summed E-state index contributed by atoms with van der Waals surface area (Å²) < 4.78 is 0. The van der Waals surface area contributed by atoms with Crippen LogP contribution in [0, 0.1) is 5.92 Å². The predicted octanol–water partition coefficient (Wildman–Crippen LogP) is 2.03. The third-order valence-electron chi connectivity index (χ3n) is 5.00. The van der Waals surface area contributed by atoms with Gasteiger partial charge >= 0.3 is 0 Å². The minimum atomic E-state index is -0.578. The van der Waals surface area contributed by atoms with E-state index in [1.807, 2.05) is 0 Å². The van der Waals surface area contributed by atoms with Crippen LogP contribution in [-0.2, 0) is 17.9 Å². The molecule has 3 N–H and O–H groups in total. The van der Waals surface area contributed by atoms with E-state index in [0.717, 1.165) is 30.9 Å². The number of hydrogen-bond donors (Lipinski definition) is 2. The lowest BCUT2D eigenvalue weighted by Gasteiger charge is -2.30. The molecule has 1 heterocycles. The van der Waals surface area contributed by atoms with E-state index in [-0.39, 0.29) is 5.91 Å². The summed E-state index contributed by atoms with van der Waals surface area (Å²) in [5.41, 5.74) is 7.78. The maximum Gasteiger partial charge on any atom is 0.240 e. The molecule has 1 aliphatic carbocycles. The highest BCUT2D eigenvalue weighted by Crippen LogP contribution is 2.32. The van der Waals surface area contributed by atoms with Gasteiger partial charge in [0, 0.05) is 13.1 Å². The minimum absolute atomic E-state index is 0.0148. The molecule has 0 atom stereocenters. The highest BCUT2D eigenvalue weighted by molar-refractivity contribution is 5.88. The Balaban J connectivity index is 1.46. The van der Waals surface area contributed by atoms with Gasteiger partial charge in [-0.25, -0.2) is 0 Å². The molecule has 1 aromatic rings. The molecular formula is C18H27N3O. The molecule has 0 unspecified atom stereocenters. The number of carbonyl (C=O) groups excluding carboxylic acids is 1. The minimum Gasteiger partial charge on any atom is -0.350 e. The van der Waals surface area contributed by atoms with Gasteiger partial charge < -0.3 is 11.1 Å². The summed E-state index contributed by atoms with van der Waals surface area (Å²) >= 11 is 0. The number of nitrogens with zero attached hydrogens (tertiary/aromatic N) is 1. The molecule has 22 heavy (non-hydrogen) atoms. The SMILES string of the molecule is CC1CCN(Cc2ccc(CNC(=O)C3(N)CC3)cc2)CC1. The summed E-state index contributed by atoms with van der Waals surface area (Å²) in [5.74, 6) is 0.860. The Bertz CT molecular complexity index is 514. The normalized spacial score (nSPS) is 21.5.